The van der Waals surface area contributed by atoms with E-state index in [4.69, 9.17) is 4.74 Å². The van der Waals surface area contributed by atoms with Gasteiger partial charge in [0.25, 0.3) is 10.0 Å². The van der Waals surface area contributed by atoms with Gasteiger partial charge < -0.3 is 4.74 Å². The SMILES string of the molecule is CCCCOc1ccc(C)cc1S(=O)(=O)n1nc(C)cc1C. The van der Waals surface area contributed by atoms with Gasteiger partial charge in [0.05, 0.1) is 18.0 Å². The third-order valence-electron chi connectivity index (χ3n) is 3.33. The van der Waals surface area contributed by atoms with Crippen molar-refractivity contribution in [1.29, 1.82) is 0 Å². The van der Waals surface area contributed by atoms with Gasteiger partial charge in [-0.05, 0) is 51.0 Å². The summed E-state index contributed by atoms with van der Waals surface area (Å²) in [4.78, 5) is 0.162. The van der Waals surface area contributed by atoms with Gasteiger partial charge in [-0.15, -0.1) is 0 Å². The monoisotopic (exact) mass is 322 g/mol. The number of unbranched alkanes of at least 4 members (excludes halogenated alkanes) is 1. The first kappa shape index (κ1) is 16.5. The molecule has 2 rings (SSSR count). The Balaban J connectivity index is 2.50. The zero-order chi connectivity index (χ0) is 16.3. The molecule has 0 fully saturated rings. The summed E-state index contributed by atoms with van der Waals surface area (Å²) in [5.41, 5.74) is 2.11. The van der Waals surface area contributed by atoms with Crippen LogP contribution in [0.15, 0.2) is 29.2 Å². The average Bonchev–Trinajstić information content (AvgIpc) is 2.80. The molecule has 0 aliphatic rings. The average molecular weight is 322 g/mol. The van der Waals surface area contributed by atoms with Crippen molar-refractivity contribution in [3.63, 3.8) is 0 Å². The maximum absolute atomic E-state index is 12.9. The van der Waals surface area contributed by atoms with Crippen LogP contribution in [0.3, 0.4) is 0 Å². The summed E-state index contributed by atoms with van der Waals surface area (Å²) in [6, 6.07) is 6.93. The predicted octanol–water partition coefficient (Wildman–Crippen LogP) is 3.22. The second-order valence-electron chi connectivity index (χ2n) is 5.43. The Bertz CT molecular complexity index is 764. The first-order chi connectivity index (χ1) is 10.4. The third kappa shape index (κ3) is 3.32. The highest BCUT2D eigenvalue weighted by molar-refractivity contribution is 7.90. The zero-order valence-electron chi connectivity index (χ0n) is 13.5. The summed E-state index contributed by atoms with van der Waals surface area (Å²) in [7, 11) is -3.76. The molecule has 0 saturated carbocycles. The van der Waals surface area contributed by atoms with Crippen molar-refractivity contribution in [2.75, 3.05) is 6.61 Å². The Morgan fingerprint density at radius 2 is 1.91 bits per heavy atom. The van der Waals surface area contributed by atoms with Crippen LogP contribution in [0.4, 0.5) is 0 Å². The maximum Gasteiger partial charge on any atom is 0.286 e. The fourth-order valence-corrected chi connectivity index (χ4v) is 3.78. The van der Waals surface area contributed by atoms with E-state index in [-0.39, 0.29) is 4.90 Å². The van der Waals surface area contributed by atoms with Crippen LogP contribution in [0.5, 0.6) is 5.75 Å². The molecule has 0 aliphatic carbocycles. The summed E-state index contributed by atoms with van der Waals surface area (Å²) >= 11 is 0. The van der Waals surface area contributed by atoms with Gasteiger partial charge in [0.2, 0.25) is 0 Å². The molecule has 0 saturated heterocycles. The standard InChI is InChI=1S/C16H22N2O3S/c1-5-6-9-21-15-8-7-12(2)10-16(15)22(19,20)18-14(4)11-13(3)17-18/h7-8,10-11H,5-6,9H2,1-4H3. The largest absolute Gasteiger partial charge is 0.492 e. The van der Waals surface area contributed by atoms with Crippen LogP contribution in [0, 0.1) is 20.8 Å². The molecule has 5 nitrogen and oxygen atoms in total. The van der Waals surface area contributed by atoms with Gasteiger partial charge in [-0.25, -0.2) is 0 Å². The normalized spacial score (nSPS) is 11.6. The first-order valence-corrected chi connectivity index (χ1v) is 8.82. The lowest BCUT2D eigenvalue weighted by Crippen LogP contribution is -2.17. The molecule has 22 heavy (non-hydrogen) atoms. The Morgan fingerprint density at radius 3 is 2.50 bits per heavy atom. The molecular formula is C16H22N2O3S. The maximum atomic E-state index is 12.9. The van der Waals surface area contributed by atoms with Crippen LogP contribution in [-0.4, -0.2) is 24.2 Å². The minimum absolute atomic E-state index is 0.162. The summed E-state index contributed by atoms with van der Waals surface area (Å²) in [6.07, 6.45) is 1.87. The Morgan fingerprint density at radius 1 is 1.18 bits per heavy atom. The molecular weight excluding hydrogens is 300 g/mol. The molecule has 2 aromatic rings. The summed E-state index contributed by atoms with van der Waals surface area (Å²) in [5.74, 6) is 0.381. The van der Waals surface area contributed by atoms with Gasteiger partial charge in [-0.3, -0.25) is 0 Å². The van der Waals surface area contributed by atoms with Crippen molar-refractivity contribution in [3.05, 3.63) is 41.2 Å². The van der Waals surface area contributed by atoms with Crippen molar-refractivity contribution < 1.29 is 13.2 Å². The van der Waals surface area contributed by atoms with Crippen LogP contribution in [0.1, 0.15) is 36.7 Å². The zero-order valence-corrected chi connectivity index (χ0v) is 14.3. The molecule has 1 aromatic carbocycles. The van der Waals surface area contributed by atoms with Crippen LogP contribution in [0.25, 0.3) is 0 Å². The summed E-state index contributed by atoms with van der Waals surface area (Å²) < 4.78 is 32.5. The van der Waals surface area contributed by atoms with Crippen molar-refractivity contribution in [2.45, 2.75) is 45.4 Å². The van der Waals surface area contributed by atoms with Crippen LogP contribution in [0.2, 0.25) is 0 Å². The summed E-state index contributed by atoms with van der Waals surface area (Å²) in [5, 5.41) is 4.10. The molecule has 6 heteroatoms. The number of hydrogen-bond acceptors (Lipinski definition) is 4. The molecule has 0 N–H and O–H groups in total. The van der Waals surface area contributed by atoms with Crippen molar-refractivity contribution in [2.24, 2.45) is 0 Å². The highest BCUT2D eigenvalue weighted by Gasteiger charge is 2.24. The van der Waals surface area contributed by atoms with E-state index in [0.29, 0.717) is 23.7 Å². The van der Waals surface area contributed by atoms with Crippen molar-refractivity contribution >= 4 is 10.0 Å². The van der Waals surface area contributed by atoms with Gasteiger partial charge in [0.15, 0.2) is 0 Å². The molecule has 0 bridgehead atoms. The van der Waals surface area contributed by atoms with Gasteiger partial charge in [0.1, 0.15) is 10.6 Å². The highest BCUT2D eigenvalue weighted by Crippen LogP contribution is 2.28. The second kappa shape index (κ2) is 6.52. The lowest BCUT2D eigenvalue weighted by molar-refractivity contribution is 0.301. The van der Waals surface area contributed by atoms with Crippen molar-refractivity contribution in [1.82, 2.24) is 9.19 Å². The number of ether oxygens (including phenoxy) is 1. The molecule has 0 spiro atoms. The number of hydrogen-bond donors (Lipinski definition) is 0. The van der Waals surface area contributed by atoms with Crippen LogP contribution < -0.4 is 4.74 Å². The van der Waals surface area contributed by atoms with E-state index in [9.17, 15) is 8.42 Å². The molecule has 0 atom stereocenters. The topological polar surface area (TPSA) is 61.2 Å². The van der Waals surface area contributed by atoms with Gasteiger partial charge in [-0.2, -0.15) is 17.6 Å². The molecule has 0 amide bonds. The van der Waals surface area contributed by atoms with E-state index in [1.165, 1.54) is 0 Å². The summed E-state index contributed by atoms with van der Waals surface area (Å²) in [6.45, 7) is 7.92. The second-order valence-corrected chi connectivity index (χ2v) is 7.16. The molecule has 0 radical (unpaired) electrons. The van der Waals surface area contributed by atoms with Gasteiger partial charge >= 0.3 is 0 Å². The quantitative estimate of drug-likeness (QED) is 0.766. The number of nitrogens with zero attached hydrogens (tertiary/aromatic N) is 2. The van der Waals surface area contributed by atoms with E-state index in [1.807, 2.05) is 13.0 Å². The number of aryl methyl sites for hydroxylation is 3. The molecule has 0 aliphatic heterocycles. The smallest absolute Gasteiger partial charge is 0.286 e. The van der Waals surface area contributed by atoms with Crippen molar-refractivity contribution in [3.8, 4) is 5.75 Å². The molecule has 120 valence electrons. The Kier molecular flexibility index (Phi) is 4.90. The molecule has 1 aromatic heterocycles. The molecule has 0 unspecified atom stereocenters. The van der Waals surface area contributed by atoms with Crippen LogP contribution in [-0.2, 0) is 10.0 Å². The lowest BCUT2D eigenvalue weighted by Gasteiger charge is -2.13. The van der Waals surface area contributed by atoms with E-state index in [1.54, 1.807) is 32.0 Å². The third-order valence-corrected chi connectivity index (χ3v) is 5.03. The van der Waals surface area contributed by atoms with E-state index < -0.39 is 10.0 Å². The van der Waals surface area contributed by atoms with E-state index in [2.05, 4.69) is 12.0 Å². The number of rotatable bonds is 6. The van der Waals surface area contributed by atoms with Gasteiger partial charge in [-0.1, -0.05) is 19.4 Å². The van der Waals surface area contributed by atoms with E-state index in [0.717, 1.165) is 22.5 Å². The predicted molar refractivity (Wildman–Crippen MR) is 85.9 cm³/mol. The number of aromatic nitrogens is 2. The Hall–Kier alpha value is -1.82. The fraction of sp³-hybridized carbons (Fsp3) is 0.438. The fourth-order valence-electron chi connectivity index (χ4n) is 2.21. The number of benzene rings is 1. The van der Waals surface area contributed by atoms with Gasteiger partial charge in [0, 0.05) is 0 Å². The molecule has 1 heterocycles. The van der Waals surface area contributed by atoms with E-state index >= 15 is 0 Å². The minimum atomic E-state index is -3.76. The highest BCUT2D eigenvalue weighted by atomic mass is 32.2. The Labute approximate surface area is 132 Å². The first-order valence-electron chi connectivity index (χ1n) is 7.38. The van der Waals surface area contributed by atoms with Crippen LogP contribution >= 0.6 is 0 Å². The minimum Gasteiger partial charge on any atom is -0.492 e. The lowest BCUT2D eigenvalue weighted by atomic mass is 10.2.